The van der Waals surface area contributed by atoms with Gasteiger partial charge in [-0.05, 0) is 30.1 Å². The molecule has 0 saturated heterocycles. The average Bonchev–Trinajstić information content (AvgIpc) is 2.42. The molecule has 3 nitrogen and oxygen atoms in total. The van der Waals surface area contributed by atoms with Crippen molar-refractivity contribution in [3.05, 3.63) is 0 Å². The van der Waals surface area contributed by atoms with E-state index in [-0.39, 0.29) is 28.8 Å². The Morgan fingerprint density at radius 1 is 1.04 bits per heavy atom. The van der Waals surface area contributed by atoms with Crippen molar-refractivity contribution >= 4 is 5.97 Å². The minimum absolute atomic E-state index is 0.0695. The summed E-state index contributed by atoms with van der Waals surface area (Å²) in [6, 6.07) is 0. The van der Waals surface area contributed by atoms with E-state index in [9.17, 15) is 4.79 Å². The molecule has 1 aliphatic carbocycles. The third kappa shape index (κ3) is 8.00. The quantitative estimate of drug-likeness (QED) is 0.415. The van der Waals surface area contributed by atoms with Gasteiger partial charge in [0.15, 0.2) is 0 Å². The number of ether oxygens (including phenoxy) is 2. The maximum Gasteiger partial charge on any atom is 0.311 e. The summed E-state index contributed by atoms with van der Waals surface area (Å²) in [6.07, 6.45) is 8.37. The molecule has 0 heterocycles. The first kappa shape index (κ1) is 21.5. The molecule has 1 saturated carbocycles. The highest BCUT2D eigenvalue weighted by Crippen LogP contribution is 2.33. The van der Waals surface area contributed by atoms with Crippen LogP contribution in [-0.4, -0.2) is 18.4 Å². The summed E-state index contributed by atoms with van der Waals surface area (Å²) in [5.41, 5.74) is -0.00812. The zero-order valence-corrected chi connectivity index (χ0v) is 17.1. The molecule has 1 fully saturated rings. The lowest BCUT2D eigenvalue weighted by molar-refractivity contribution is -0.206. The lowest BCUT2D eigenvalue weighted by Crippen LogP contribution is -2.37. The van der Waals surface area contributed by atoms with Crippen LogP contribution < -0.4 is 0 Å². The predicted molar refractivity (Wildman–Crippen MR) is 99.8 cm³/mol. The van der Waals surface area contributed by atoms with Crippen LogP contribution in [-0.2, 0) is 14.3 Å². The van der Waals surface area contributed by atoms with Gasteiger partial charge in [-0.3, -0.25) is 4.79 Å². The summed E-state index contributed by atoms with van der Waals surface area (Å²) in [5, 5.41) is 0. The van der Waals surface area contributed by atoms with Crippen molar-refractivity contribution in [1.29, 1.82) is 0 Å². The molecule has 0 aromatic carbocycles. The van der Waals surface area contributed by atoms with E-state index in [1.807, 2.05) is 0 Å². The largest absolute Gasteiger partial charge is 0.435 e. The minimum Gasteiger partial charge on any atom is -0.435 e. The number of hydrogen-bond acceptors (Lipinski definition) is 3. The van der Waals surface area contributed by atoms with Crippen LogP contribution >= 0.6 is 0 Å². The Bertz CT molecular complexity index is 370. The van der Waals surface area contributed by atoms with Crippen molar-refractivity contribution in [3.63, 3.8) is 0 Å². The highest BCUT2D eigenvalue weighted by Gasteiger charge is 2.35. The highest BCUT2D eigenvalue weighted by molar-refractivity contribution is 5.73. The Balaban J connectivity index is 2.75. The van der Waals surface area contributed by atoms with E-state index in [0.29, 0.717) is 0 Å². The highest BCUT2D eigenvalue weighted by atomic mass is 16.7. The maximum absolute atomic E-state index is 12.8. The Morgan fingerprint density at radius 3 is 2.08 bits per heavy atom. The van der Waals surface area contributed by atoms with E-state index >= 15 is 0 Å². The Hall–Kier alpha value is -0.570. The van der Waals surface area contributed by atoms with Gasteiger partial charge in [-0.1, -0.05) is 74.1 Å². The average molecular weight is 341 g/mol. The monoisotopic (exact) mass is 340 g/mol. The van der Waals surface area contributed by atoms with Gasteiger partial charge in [0.05, 0.1) is 12.0 Å². The molecule has 142 valence electrons. The molecular formula is C21H40O3. The van der Waals surface area contributed by atoms with Gasteiger partial charge in [0.1, 0.15) is 0 Å². The van der Waals surface area contributed by atoms with E-state index in [4.69, 9.17) is 9.47 Å². The molecule has 0 aliphatic heterocycles. The Labute approximate surface area is 149 Å². The van der Waals surface area contributed by atoms with Crippen molar-refractivity contribution in [2.75, 3.05) is 0 Å². The molecule has 0 amide bonds. The third-order valence-electron chi connectivity index (χ3n) is 4.83. The number of hydrogen-bond donors (Lipinski definition) is 0. The fraction of sp³-hybridized carbons (Fsp3) is 0.952. The van der Waals surface area contributed by atoms with Gasteiger partial charge in [-0.2, -0.15) is 0 Å². The van der Waals surface area contributed by atoms with Gasteiger partial charge in [0.2, 0.25) is 6.29 Å². The van der Waals surface area contributed by atoms with Crippen molar-refractivity contribution in [1.82, 2.24) is 0 Å². The van der Waals surface area contributed by atoms with Crippen molar-refractivity contribution in [2.45, 2.75) is 112 Å². The minimum atomic E-state index is -0.415. The molecule has 0 aromatic heterocycles. The summed E-state index contributed by atoms with van der Waals surface area (Å²) in [7, 11) is 0. The van der Waals surface area contributed by atoms with Gasteiger partial charge in [0, 0.05) is 6.42 Å². The summed E-state index contributed by atoms with van der Waals surface area (Å²) in [4.78, 5) is 12.8. The van der Waals surface area contributed by atoms with Crippen LogP contribution in [0.5, 0.6) is 0 Å². The van der Waals surface area contributed by atoms with E-state index in [1.165, 1.54) is 19.3 Å². The smallest absolute Gasteiger partial charge is 0.311 e. The second-order valence-corrected chi connectivity index (χ2v) is 9.73. The predicted octanol–water partition coefficient (Wildman–Crippen LogP) is 6.10. The van der Waals surface area contributed by atoms with Crippen LogP contribution in [0, 0.1) is 16.7 Å². The first-order valence-electron chi connectivity index (χ1n) is 9.89. The van der Waals surface area contributed by atoms with Gasteiger partial charge in [0.25, 0.3) is 0 Å². The molecule has 0 aromatic rings. The molecule has 3 heteroatoms. The lowest BCUT2D eigenvalue weighted by Gasteiger charge is -2.34. The number of esters is 1. The van der Waals surface area contributed by atoms with Crippen molar-refractivity contribution in [2.24, 2.45) is 16.7 Å². The van der Waals surface area contributed by atoms with Crippen LogP contribution in [0.3, 0.4) is 0 Å². The molecular weight excluding hydrogens is 300 g/mol. The van der Waals surface area contributed by atoms with Crippen LogP contribution in [0.1, 0.15) is 99.8 Å². The van der Waals surface area contributed by atoms with Crippen LogP contribution in [0.2, 0.25) is 0 Å². The molecule has 2 unspecified atom stereocenters. The van der Waals surface area contributed by atoms with Crippen LogP contribution in [0.4, 0.5) is 0 Å². The van der Waals surface area contributed by atoms with Gasteiger partial charge < -0.3 is 9.47 Å². The molecule has 0 N–H and O–H groups in total. The van der Waals surface area contributed by atoms with Crippen molar-refractivity contribution < 1.29 is 14.3 Å². The number of carbonyl (C=O) groups excluding carboxylic acids is 1. The number of carbonyl (C=O) groups is 1. The fourth-order valence-corrected chi connectivity index (χ4v) is 3.44. The molecule has 1 rings (SSSR count). The molecule has 0 radical (unpaired) electrons. The molecule has 1 aliphatic rings. The maximum atomic E-state index is 12.8. The molecule has 0 bridgehead atoms. The van der Waals surface area contributed by atoms with E-state index in [2.05, 4.69) is 48.5 Å². The zero-order valence-electron chi connectivity index (χ0n) is 17.1. The third-order valence-corrected chi connectivity index (χ3v) is 4.83. The summed E-state index contributed by atoms with van der Waals surface area (Å²) < 4.78 is 12.1. The normalized spacial score (nSPS) is 19.8. The van der Waals surface area contributed by atoms with Crippen molar-refractivity contribution in [3.8, 4) is 0 Å². The second-order valence-electron chi connectivity index (χ2n) is 9.73. The number of rotatable bonds is 7. The molecule has 2 atom stereocenters. The topological polar surface area (TPSA) is 35.5 Å². The Morgan fingerprint density at radius 2 is 1.62 bits per heavy atom. The fourth-order valence-electron chi connectivity index (χ4n) is 3.44. The van der Waals surface area contributed by atoms with Gasteiger partial charge >= 0.3 is 5.97 Å². The first-order valence-corrected chi connectivity index (χ1v) is 9.89. The zero-order chi connectivity index (χ0) is 18.4. The summed E-state index contributed by atoms with van der Waals surface area (Å²) in [5.74, 6) is -0.158. The van der Waals surface area contributed by atoms with Crippen LogP contribution in [0.15, 0.2) is 0 Å². The molecule has 24 heavy (non-hydrogen) atoms. The van der Waals surface area contributed by atoms with E-state index in [0.717, 1.165) is 32.1 Å². The van der Waals surface area contributed by atoms with Crippen LogP contribution in [0.25, 0.3) is 0 Å². The molecule has 0 spiro atoms. The second kappa shape index (κ2) is 9.22. The van der Waals surface area contributed by atoms with Gasteiger partial charge in [-0.25, -0.2) is 0 Å². The standard InChI is InChI=1S/C21H40O3/c1-8-12-17(21(5,6)7)19(22)24-18(15-20(2,3)4)23-16-13-10-9-11-14-16/h16-18H,8-15H2,1-7H3. The van der Waals surface area contributed by atoms with E-state index in [1.54, 1.807) is 0 Å². The Kier molecular flexibility index (Phi) is 8.25. The lowest BCUT2D eigenvalue weighted by atomic mass is 9.78. The first-order chi connectivity index (χ1) is 11.0. The SMILES string of the molecule is CCCC(C(=O)OC(CC(C)(C)C)OC1CCCCC1)C(C)(C)C. The summed E-state index contributed by atoms with van der Waals surface area (Å²) >= 11 is 0. The van der Waals surface area contributed by atoms with Gasteiger partial charge in [-0.15, -0.1) is 0 Å². The summed E-state index contributed by atoms with van der Waals surface area (Å²) in [6.45, 7) is 15.0. The van der Waals surface area contributed by atoms with E-state index < -0.39 is 6.29 Å².